The fraction of sp³-hybridized carbons (Fsp3) is 0.0909. The third kappa shape index (κ3) is 3.41. The summed E-state index contributed by atoms with van der Waals surface area (Å²) in [5.74, 6) is -2.37. The van der Waals surface area contributed by atoms with Crippen molar-refractivity contribution in [1.29, 1.82) is 0 Å². The minimum Gasteiger partial charge on any atom is -0.507 e. The highest BCUT2D eigenvalue weighted by atomic mass is 79.9. The van der Waals surface area contributed by atoms with Crippen molar-refractivity contribution >= 4 is 50.4 Å². The van der Waals surface area contributed by atoms with Crippen LogP contribution in [0.25, 0.3) is 5.76 Å². The maximum atomic E-state index is 13.8. The number of Topliss-reactive ketones (excluding diaryl/α,β-unsaturated/α-hetero) is 1. The number of nitrogens with zero attached hydrogens (tertiary/aromatic N) is 1. The van der Waals surface area contributed by atoms with Gasteiger partial charge in [0, 0.05) is 20.6 Å². The molecule has 0 radical (unpaired) electrons. The highest BCUT2D eigenvalue weighted by Gasteiger charge is 2.47. The van der Waals surface area contributed by atoms with E-state index in [1.807, 2.05) is 12.3 Å². The van der Waals surface area contributed by atoms with Gasteiger partial charge in [-0.2, -0.15) is 0 Å². The van der Waals surface area contributed by atoms with Crippen molar-refractivity contribution in [3.05, 3.63) is 91.8 Å². The van der Waals surface area contributed by atoms with Gasteiger partial charge < -0.3 is 5.11 Å². The van der Waals surface area contributed by atoms with Crippen LogP contribution >= 0.6 is 27.3 Å². The van der Waals surface area contributed by atoms with E-state index < -0.39 is 23.5 Å². The number of halogens is 2. The van der Waals surface area contributed by atoms with Crippen LogP contribution in [0.5, 0.6) is 0 Å². The summed E-state index contributed by atoms with van der Waals surface area (Å²) in [4.78, 5) is 27.8. The minimum absolute atomic E-state index is 0.0107. The Morgan fingerprint density at radius 2 is 1.93 bits per heavy atom. The number of thiophene rings is 1. The Balaban J connectivity index is 1.94. The average Bonchev–Trinajstić information content (AvgIpc) is 3.31. The zero-order valence-electron chi connectivity index (χ0n) is 15.2. The Morgan fingerprint density at radius 3 is 2.59 bits per heavy atom. The first-order valence-corrected chi connectivity index (χ1v) is 10.4. The first-order chi connectivity index (χ1) is 13.9. The van der Waals surface area contributed by atoms with Gasteiger partial charge in [0.15, 0.2) is 0 Å². The number of benzene rings is 2. The summed E-state index contributed by atoms with van der Waals surface area (Å²) >= 11 is 4.77. The van der Waals surface area contributed by atoms with Crippen LogP contribution in [-0.4, -0.2) is 16.8 Å². The lowest BCUT2D eigenvalue weighted by Crippen LogP contribution is -2.29. The summed E-state index contributed by atoms with van der Waals surface area (Å²) in [7, 11) is 0. The second-order valence-corrected chi connectivity index (χ2v) is 8.46. The number of anilines is 1. The van der Waals surface area contributed by atoms with Gasteiger partial charge in [-0.15, -0.1) is 11.3 Å². The van der Waals surface area contributed by atoms with Crippen molar-refractivity contribution in [3.63, 3.8) is 0 Å². The molecule has 1 unspecified atom stereocenters. The van der Waals surface area contributed by atoms with E-state index in [0.29, 0.717) is 10.4 Å². The molecule has 4 nitrogen and oxygen atoms in total. The Labute approximate surface area is 179 Å². The topological polar surface area (TPSA) is 57.6 Å². The number of carbonyl (C=O) groups is 2. The molecule has 3 aromatic rings. The number of amides is 1. The molecular weight excluding hydrogens is 457 g/mol. The van der Waals surface area contributed by atoms with Gasteiger partial charge >= 0.3 is 0 Å². The molecule has 1 amide bonds. The van der Waals surface area contributed by atoms with Gasteiger partial charge in [0.2, 0.25) is 0 Å². The molecule has 0 spiro atoms. The molecule has 1 aliphatic rings. The third-order valence-corrected chi connectivity index (χ3v) is 6.59. The van der Waals surface area contributed by atoms with Crippen LogP contribution in [0, 0.1) is 12.7 Å². The lowest BCUT2D eigenvalue weighted by Gasteiger charge is -2.24. The van der Waals surface area contributed by atoms with Crippen molar-refractivity contribution in [1.82, 2.24) is 0 Å². The zero-order chi connectivity index (χ0) is 20.7. The largest absolute Gasteiger partial charge is 0.507 e. The second-order valence-electron chi connectivity index (χ2n) is 6.63. The van der Waals surface area contributed by atoms with Crippen molar-refractivity contribution in [3.8, 4) is 0 Å². The molecule has 2 heterocycles. The van der Waals surface area contributed by atoms with Crippen LogP contribution in [-0.2, 0) is 9.59 Å². The van der Waals surface area contributed by atoms with Crippen molar-refractivity contribution in [2.75, 3.05) is 4.90 Å². The molecule has 1 saturated heterocycles. The Morgan fingerprint density at radius 1 is 1.14 bits per heavy atom. The Hall–Kier alpha value is -2.77. The second kappa shape index (κ2) is 7.57. The number of aliphatic hydroxyl groups is 1. The number of carbonyl (C=O) groups excluding carboxylic acids is 2. The van der Waals surface area contributed by atoms with E-state index in [9.17, 15) is 19.1 Å². The smallest absolute Gasteiger partial charge is 0.300 e. The highest BCUT2D eigenvalue weighted by molar-refractivity contribution is 9.10. The molecule has 1 aliphatic heterocycles. The zero-order valence-corrected chi connectivity index (χ0v) is 17.6. The van der Waals surface area contributed by atoms with E-state index in [0.717, 1.165) is 10.0 Å². The number of rotatable bonds is 3. The summed E-state index contributed by atoms with van der Waals surface area (Å²) in [5.41, 5.74) is 1.56. The van der Waals surface area contributed by atoms with E-state index in [1.54, 1.807) is 36.4 Å². The lowest BCUT2D eigenvalue weighted by molar-refractivity contribution is -0.132. The summed E-state index contributed by atoms with van der Waals surface area (Å²) in [6.07, 6.45) is 0. The van der Waals surface area contributed by atoms with Gasteiger partial charge in [-0.3, -0.25) is 14.5 Å². The van der Waals surface area contributed by atoms with Crippen molar-refractivity contribution < 1.29 is 19.1 Å². The average molecular weight is 472 g/mol. The van der Waals surface area contributed by atoms with Gasteiger partial charge in [-0.1, -0.05) is 34.1 Å². The number of hydrogen-bond donors (Lipinski definition) is 1. The quantitative estimate of drug-likeness (QED) is 0.308. The van der Waals surface area contributed by atoms with Crippen LogP contribution in [0.15, 0.2) is 70.0 Å². The highest BCUT2D eigenvalue weighted by Crippen LogP contribution is 2.43. The van der Waals surface area contributed by atoms with Crippen LogP contribution in [0.3, 0.4) is 0 Å². The van der Waals surface area contributed by atoms with Crippen molar-refractivity contribution in [2.24, 2.45) is 0 Å². The fourth-order valence-corrected chi connectivity index (χ4v) is 4.46. The molecular formula is C22H15BrFNO3S. The van der Waals surface area contributed by atoms with Gasteiger partial charge in [0.25, 0.3) is 11.7 Å². The Bertz CT molecular complexity index is 1160. The number of ketones is 1. The van der Waals surface area contributed by atoms with Crippen LogP contribution in [0.4, 0.5) is 10.1 Å². The minimum atomic E-state index is -0.833. The monoisotopic (exact) mass is 471 g/mol. The molecule has 0 saturated carbocycles. The fourth-order valence-electron chi connectivity index (χ4n) is 3.39. The molecule has 1 aromatic heterocycles. The maximum Gasteiger partial charge on any atom is 0.300 e. The van der Waals surface area contributed by atoms with Gasteiger partial charge in [-0.05, 0) is 54.3 Å². The first kappa shape index (κ1) is 19.5. The van der Waals surface area contributed by atoms with Gasteiger partial charge in [0.1, 0.15) is 17.6 Å². The molecule has 1 atom stereocenters. The maximum absolute atomic E-state index is 13.8. The summed E-state index contributed by atoms with van der Waals surface area (Å²) in [6.45, 7) is 1.86. The van der Waals surface area contributed by atoms with Gasteiger partial charge in [-0.25, -0.2) is 4.39 Å². The molecule has 0 bridgehead atoms. The summed E-state index contributed by atoms with van der Waals surface area (Å²) in [6, 6.07) is 13.5. The van der Waals surface area contributed by atoms with E-state index >= 15 is 0 Å². The van der Waals surface area contributed by atoms with E-state index in [1.165, 1.54) is 34.4 Å². The summed E-state index contributed by atoms with van der Waals surface area (Å²) < 4.78 is 14.7. The van der Waals surface area contributed by atoms with Gasteiger partial charge in [0.05, 0.1) is 5.57 Å². The predicted octanol–water partition coefficient (Wildman–Crippen LogP) is 5.58. The van der Waals surface area contributed by atoms with Crippen LogP contribution in [0.1, 0.15) is 22.0 Å². The molecule has 7 heteroatoms. The van der Waals surface area contributed by atoms with Crippen molar-refractivity contribution in [2.45, 2.75) is 13.0 Å². The third-order valence-electron chi connectivity index (χ3n) is 4.77. The molecule has 1 N–H and O–H groups in total. The SMILES string of the molecule is Cc1cc(/C(O)=C2/C(=O)C(=O)N(c3cccc(F)c3)C2c2cccs2)ccc1Br. The standard InChI is InChI=1S/C22H15BrFNO3S/c1-12-10-13(7-8-16(12)23)20(26)18-19(17-6-3-9-29-17)25(22(28)21(18)27)15-5-2-4-14(24)11-15/h2-11,19,26H,1H3/b20-18-. The molecule has 1 fully saturated rings. The van der Waals surface area contributed by atoms with E-state index in [4.69, 9.17) is 0 Å². The van der Waals surface area contributed by atoms with Crippen LogP contribution < -0.4 is 4.90 Å². The predicted molar refractivity (Wildman–Crippen MR) is 114 cm³/mol. The molecule has 146 valence electrons. The molecule has 4 rings (SSSR count). The van der Waals surface area contributed by atoms with E-state index in [-0.39, 0.29) is 17.0 Å². The van der Waals surface area contributed by atoms with Crippen LogP contribution in [0.2, 0.25) is 0 Å². The summed E-state index contributed by atoms with van der Waals surface area (Å²) in [5, 5.41) is 12.8. The Kier molecular flexibility index (Phi) is 5.10. The van der Waals surface area contributed by atoms with E-state index in [2.05, 4.69) is 15.9 Å². The number of aryl methyl sites for hydroxylation is 1. The first-order valence-electron chi connectivity index (χ1n) is 8.75. The lowest BCUT2D eigenvalue weighted by atomic mass is 9.99. The molecule has 0 aliphatic carbocycles. The number of aliphatic hydroxyl groups excluding tert-OH is 1. The molecule has 29 heavy (non-hydrogen) atoms. The number of hydrogen-bond acceptors (Lipinski definition) is 4. The molecule has 2 aromatic carbocycles. The normalized spacial score (nSPS) is 18.4.